The van der Waals surface area contributed by atoms with E-state index in [1.165, 1.54) is 24.5 Å². The van der Waals surface area contributed by atoms with E-state index in [2.05, 4.69) is 16.0 Å². The fourth-order valence-electron chi connectivity index (χ4n) is 3.32. The first-order valence-electron chi connectivity index (χ1n) is 10.2. The third kappa shape index (κ3) is 6.43. The van der Waals surface area contributed by atoms with Crippen molar-refractivity contribution in [2.75, 3.05) is 11.9 Å². The minimum atomic E-state index is -0.753. The summed E-state index contributed by atoms with van der Waals surface area (Å²) in [6, 6.07) is 7.20. The van der Waals surface area contributed by atoms with E-state index in [1.54, 1.807) is 19.1 Å². The van der Waals surface area contributed by atoms with E-state index >= 15 is 0 Å². The first kappa shape index (κ1) is 22.1. The zero-order chi connectivity index (χ0) is 22.2. The van der Waals surface area contributed by atoms with Gasteiger partial charge in [-0.3, -0.25) is 14.9 Å². The largest absolute Gasteiger partial charge is 0.459 e. The van der Waals surface area contributed by atoms with Crippen LogP contribution in [0.5, 0.6) is 0 Å². The quantitative estimate of drug-likeness (QED) is 0.608. The smallest absolute Gasteiger partial charge is 0.338 e. The zero-order valence-electron chi connectivity index (χ0n) is 17.2. The van der Waals surface area contributed by atoms with Crippen LogP contribution in [-0.4, -0.2) is 36.5 Å². The van der Waals surface area contributed by atoms with Crippen molar-refractivity contribution < 1.29 is 28.3 Å². The van der Waals surface area contributed by atoms with Gasteiger partial charge in [0, 0.05) is 11.7 Å². The summed E-state index contributed by atoms with van der Waals surface area (Å²) in [6.45, 7) is 1.17. The number of ether oxygens (including phenoxy) is 1. The lowest BCUT2D eigenvalue weighted by atomic mass is 9.96. The second-order valence-corrected chi connectivity index (χ2v) is 7.39. The number of amides is 4. The van der Waals surface area contributed by atoms with Gasteiger partial charge in [-0.1, -0.05) is 25.3 Å². The molecule has 1 aliphatic rings. The van der Waals surface area contributed by atoms with Crippen LogP contribution in [0.4, 0.5) is 10.5 Å². The molecule has 9 heteroatoms. The minimum absolute atomic E-state index is 0.0615. The molecule has 0 atom stereocenters. The lowest BCUT2D eigenvalue weighted by molar-refractivity contribution is -0.123. The van der Waals surface area contributed by atoms with Crippen molar-refractivity contribution in [3.63, 3.8) is 0 Å². The van der Waals surface area contributed by atoms with E-state index < -0.39 is 30.4 Å². The fraction of sp³-hybridized carbons (Fsp3) is 0.364. The number of aryl methyl sites for hydroxylation is 1. The highest BCUT2D eigenvalue weighted by molar-refractivity contribution is 6.03. The molecule has 1 heterocycles. The molecule has 0 aliphatic heterocycles. The van der Waals surface area contributed by atoms with E-state index in [0.29, 0.717) is 5.69 Å². The summed E-state index contributed by atoms with van der Waals surface area (Å²) in [6.07, 6.45) is 6.43. The van der Waals surface area contributed by atoms with Crippen LogP contribution in [-0.2, 0) is 9.53 Å². The molecule has 2 aromatic rings. The molecular weight excluding hydrogens is 402 g/mol. The summed E-state index contributed by atoms with van der Waals surface area (Å²) in [5.41, 5.74) is 1.29. The average Bonchev–Trinajstić information content (AvgIpc) is 3.29. The number of anilines is 1. The Hall–Kier alpha value is -3.62. The molecule has 1 saturated carbocycles. The lowest BCUT2D eigenvalue weighted by Crippen LogP contribution is -2.46. The monoisotopic (exact) mass is 427 g/mol. The number of carbonyl (C=O) groups is 4. The Morgan fingerprint density at radius 3 is 2.58 bits per heavy atom. The third-order valence-corrected chi connectivity index (χ3v) is 4.99. The van der Waals surface area contributed by atoms with Crippen molar-refractivity contribution in [2.45, 2.75) is 45.1 Å². The van der Waals surface area contributed by atoms with Gasteiger partial charge in [0.25, 0.3) is 11.8 Å². The summed E-state index contributed by atoms with van der Waals surface area (Å²) in [4.78, 5) is 48.3. The number of carbonyl (C=O) groups excluding carboxylic acids is 4. The van der Waals surface area contributed by atoms with Crippen LogP contribution in [0.3, 0.4) is 0 Å². The van der Waals surface area contributed by atoms with Crippen LogP contribution in [0.15, 0.2) is 41.0 Å². The fourth-order valence-corrected chi connectivity index (χ4v) is 3.32. The number of urea groups is 1. The van der Waals surface area contributed by atoms with Crippen LogP contribution >= 0.6 is 0 Å². The highest BCUT2D eigenvalue weighted by atomic mass is 16.5. The maximum atomic E-state index is 12.3. The van der Waals surface area contributed by atoms with Gasteiger partial charge in [-0.2, -0.15) is 0 Å². The number of imide groups is 1. The molecule has 0 unspecified atom stereocenters. The maximum Gasteiger partial charge on any atom is 0.338 e. The SMILES string of the molecule is Cc1ccc(C(=O)OCC(=O)NC(=O)NC2CCCCC2)cc1NC(=O)c1ccco1. The summed E-state index contributed by atoms with van der Waals surface area (Å²) in [7, 11) is 0. The molecule has 31 heavy (non-hydrogen) atoms. The van der Waals surface area contributed by atoms with Crippen LogP contribution in [0, 0.1) is 6.92 Å². The Morgan fingerprint density at radius 2 is 1.87 bits per heavy atom. The average molecular weight is 427 g/mol. The van der Waals surface area contributed by atoms with Gasteiger partial charge >= 0.3 is 12.0 Å². The molecule has 0 spiro atoms. The molecule has 1 aromatic heterocycles. The molecule has 0 saturated heterocycles. The van der Waals surface area contributed by atoms with E-state index in [9.17, 15) is 19.2 Å². The maximum absolute atomic E-state index is 12.3. The molecule has 9 nitrogen and oxygen atoms in total. The molecule has 1 aliphatic carbocycles. The van der Waals surface area contributed by atoms with Crippen molar-refractivity contribution in [3.05, 3.63) is 53.5 Å². The molecule has 1 fully saturated rings. The van der Waals surface area contributed by atoms with E-state index in [1.807, 2.05) is 0 Å². The number of benzene rings is 1. The van der Waals surface area contributed by atoms with Crippen LogP contribution in [0.2, 0.25) is 0 Å². The highest BCUT2D eigenvalue weighted by Gasteiger charge is 2.18. The summed E-state index contributed by atoms with van der Waals surface area (Å²) in [5.74, 6) is -1.80. The molecule has 4 amide bonds. The van der Waals surface area contributed by atoms with Crippen LogP contribution in [0.25, 0.3) is 0 Å². The Bertz CT molecular complexity index is 948. The van der Waals surface area contributed by atoms with Crippen molar-refractivity contribution in [3.8, 4) is 0 Å². The second-order valence-electron chi connectivity index (χ2n) is 7.39. The van der Waals surface area contributed by atoms with Gasteiger partial charge in [0.2, 0.25) is 0 Å². The predicted molar refractivity (Wildman–Crippen MR) is 112 cm³/mol. The molecule has 3 rings (SSSR count). The minimum Gasteiger partial charge on any atom is -0.459 e. The standard InChI is InChI=1S/C22H25N3O6/c1-14-9-10-15(12-17(14)24-20(27)18-8-5-11-30-18)21(28)31-13-19(26)25-22(29)23-16-6-3-2-4-7-16/h5,8-12,16H,2-4,6-7,13H2,1H3,(H,24,27)(H2,23,25,26,29). The second kappa shape index (κ2) is 10.4. The summed E-state index contributed by atoms with van der Waals surface area (Å²) in [5, 5.41) is 7.58. The normalized spacial score (nSPS) is 13.8. The highest BCUT2D eigenvalue weighted by Crippen LogP contribution is 2.19. The number of hydrogen-bond acceptors (Lipinski definition) is 6. The zero-order valence-corrected chi connectivity index (χ0v) is 17.2. The number of rotatable bonds is 6. The van der Waals surface area contributed by atoms with Gasteiger partial charge in [-0.15, -0.1) is 0 Å². The van der Waals surface area contributed by atoms with Gasteiger partial charge < -0.3 is 19.8 Å². The van der Waals surface area contributed by atoms with Crippen molar-refractivity contribution in [1.29, 1.82) is 0 Å². The van der Waals surface area contributed by atoms with E-state index in [0.717, 1.165) is 37.7 Å². The van der Waals surface area contributed by atoms with Crippen molar-refractivity contribution >= 4 is 29.5 Å². The first-order chi connectivity index (χ1) is 14.9. The van der Waals surface area contributed by atoms with E-state index in [-0.39, 0.29) is 17.4 Å². The van der Waals surface area contributed by atoms with Gasteiger partial charge in [-0.05, 0) is 49.6 Å². The predicted octanol–water partition coefficient (Wildman–Crippen LogP) is 3.16. The van der Waals surface area contributed by atoms with Gasteiger partial charge in [0.05, 0.1) is 11.8 Å². The molecule has 164 valence electrons. The first-order valence-corrected chi connectivity index (χ1v) is 10.2. The topological polar surface area (TPSA) is 127 Å². The molecule has 0 bridgehead atoms. The Balaban J connectivity index is 1.50. The van der Waals surface area contributed by atoms with Crippen LogP contribution in [0.1, 0.15) is 58.6 Å². The summed E-state index contributed by atoms with van der Waals surface area (Å²) < 4.78 is 10.0. The number of esters is 1. The Morgan fingerprint density at radius 1 is 1.10 bits per heavy atom. The van der Waals surface area contributed by atoms with Gasteiger partial charge in [-0.25, -0.2) is 9.59 Å². The number of furan rings is 1. The van der Waals surface area contributed by atoms with E-state index in [4.69, 9.17) is 9.15 Å². The molecule has 0 radical (unpaired) electrons. The lowest BCUT2D eigenvalue weighted by Gasteiger charge is -2.22. The number of nitrogens with one attached hydrogen (secondary N) is 3. The molecule has 3 N–H and O–H groups in total. The number of hydrogen-bond donors (Lipinski definition) is 3. The Labute approximate surface area is 179 Å². The Kier molecular flexibility index (Phi) is 7.42. The van der Waals surface area contributed by atoms with Gasteiger partial charge in [0.15, 0.2) is 12.4 Å². The molecule has 1 aromatic carbocycles. The third-order valence-electron chi connectivity index (χ3n) is 4.99. The van der Waals surface area contributed by atoms with Crippen LogP contribution < -0.4 is 16.0 Å². The van der Waals surface area contributed by atoms with Crippen molar-refractivity contribution in [1.82, 2.24) is 10.6 Å². The van der Waals surface area contributed by atoms with Gasteiger partial charge in [0.1, 0.15) is 0 Å². The summed E-state index contributed by atoms with van der Waals surface area (Å²) >= 11 is 0. The molecular formula is C22H25N3O6. The van der Waals surface area contributed by atoms with Crippen molar-refractivity contribution in [2.24, 2.45) is 0 Å².